The molecule has 0 heterocycles. The number of anilines is 2. The van der Waals surface area contributed by atoms with Crippen LogP contribution in [-0.2, 0) is 10.0 Å². The summed E-state index contributed by atoms with van der Waals surface area (Å²) in [6.45, 7) is 2.90. The molecule has 0 amide bonds. The van der Waals surface area contributed by atoms with Crippen molar-refractivity contribution in [2.24, 2.45) is 0 Å². The van der Waals surface area contributed by atoms with Gasteiger partial charge in [-0.2, -0.15) is 0 Å². The van der Waals surface area contributed by atoms with E-state index in [1.807, 2.05) is 0 Å². The highest BCUT2D eigenvalue weighted by molar-refractivity contribution is 7.89. The van der Waals surface area contributed by atoms with Gasteiger partial charge in [0, 0.05) is 6.54 Å². The predicted octanol–water partition coefficient (Wildman–Crippen LogP) is -0.278. The van der Waals surface area contributed by atoms with Gasteiger partial charge in [0.05, 0.1) is 35.0 Å². The van der Waals surface area contributed by atoms with Crippen molar-refractivity contribution in [2.75, 3.05) is 30.8 Å². The van der Waals surface area contributed by atoms with E-state index < -0.39 is 15.6 Å². The molecule has 8 heteroatoms. The molecule has 0 fully saturated rings. The molecule has 1 aromatic carbocycles. The lowest BCUT2D eigenvalue weighted by Crippen LogP contribution is -2.42. The molecule has 7 nitrogen and oxygen atoms in total. The van der Waals surface area contributed by atoms with Crippen molar-refractivity contribution < 1.29 is 18.6 Å². The summed E-state index contributed by atoms with van der Waals surface area (Å²) >= 11 is 0. The Bertz CT molecular complexity index is 556. The Morgan fingerprint density at radius 1 is 1.30 bits per heavy atom. The van der Waals surface area contributed by atoms with Crippen LogP contribution in [0.15, 0.2) is 23.1 Å². The quantitative estimate of drug-likeness (QED) is 0.441. The van der Waals surface area contributed by atoms with Crippen LogP contribution in [0.4, 0.5) is 11.4 Å². The summed E-state index contributed by atoms with van der Waals surface area (Å²) in [6.07, 6.45) is 0. The maximum absolute atomic E-state index is 11.9. The molecule has 0 atom stereocenters. The standard InChI is InChI=1S/C12H21N3O4S/c1-3-14-20(18,19)9-4-5-10(13)11(6-9)15-12(2,7-16)8-17/h4-6,14-17H,3,7-8,13H2,1-2H3. The SMILES string of the molecule is CCNS(=O)(=O)c1ccc(N)c(NC(C)(CO)CO)c1. The minimum atomic E-state index is -3.59. The number of nitrogens with one attached hydrogen (secondary N) is 2. The van der Waals surface area contributed by atoms with E-state index in [1.165, 1.54) is 18.2 Å². The van der Waals surface area contributed by atoms with Crippen LogP contribution in [0.3, 0.4) is 0 Å². The number of sulfonamides is 1. The van der Waals surface area contributed by atoms with Crippen molar-refractivity contribution in [2.45, 2.75) is 24.3 Å². The van der Waals surface area contributed by atoms with Crippen molar-refractivity contribution in [1.82, 2.24) is 4.72 Å². The Labute approximate surface area is 118 Å². The summed E-state index contributed by atoms with van der Waals surface area (Å²) in [7, 11) is -3.59. The van der Waals surface area contributed by atoms with Gasteiger partial charge in [-0.15, -0.1) is 0 Å². The van der Waals surface area contributed by atoms with Gasteiger partial charge in [-0.1, -0.05) is 6.92 Å². The highest BCUT2D eigenvalue weighted by Gasteiger charge is 2.24. The van der Waals surface area contributed by atoms with Gasteiger partial charge in [0.15, 0.2) is 0 Å². The van der Waals surface area contributed by atoms with Gasteiger partial charge in [0.2, 0.25) is 10.0 Å². The third-order valence-corrected chi connectivity index (χ3v) is 4.35. The first kappa shape index (κ1) is 16.7. The van der Waals surface area contributed by atoms with Gasteiger partial charge in [0.25, 0.3) is 0 Å². The Kier molecular flexibility index (Phi) is 5.35. The third kappa shape index (κ3) is 3.83. The summed E-state index contributed by atoms with van der Waals surface area (Å²) in [5.41, 5.74) is 5.46. The summed E-state index contributed by atoms with van der Waals surface area (Å²) in [6, 6.07) is 4.23. The van der Waals surface area contributed by atoms with Crippen LogP contribution in [0.2, 0.25) is 0 Å². The van der Waals surface area contributed by atoms with Gasteiger partial charge in [-0.25, -0.2) is 13.1 Å². The van der Waals surface area contributed by atoms with E-state index in [4.69, 9.17) is 5.73 Å². The zero-order chi connectivity index (χ0) is 15.4. The molecule has 114 valence electrons. The number of aliphatic hydroxyl groups is 2. The first-order valence-electron chi connectivity index (χ1n) is 6.17. The number of benzene rings is 1. The van der Waals surface area contributed by atoms with Gasteiger partial charge < -0.3 is 21.3 Å². The highest BCUT2D eigenvalue weighted by Crippen LogP contribution is 2.25. The average molecular weight is 303 g/mol. The molecule has 0 unspecified atom stereocenters. The fourth-order valence-corrected chi connectivity index (χ4v) is 2.61. The van der Waals surface area contributed by atoms with Crippen LogP contribution in [0.25, 0.3) is 0 Å². The van der Waals surface area contributed by atoms with E-state index in [-0.39, 0.29) is 24.7 Å². The van der Waals surface area contributed by atoms with Crippen LogP contribution in [0.5, 0.6) is 0 Å². The largest absolute Gasteiger partial charge is 0.397 e. The molecular weight excluding hydrogens is 282 g/mol. The van der Waals surface area contributed by atoms with Crippen LogP contribution >= 0.6 is 0 Å². The molecule has 0 aliphatic rings. The topological polar surface area (TPSA) is 125 Å². The fraction of sp³-hybridized carbons (Fsp3) is 0.500. The molecule has 1 aromatic rings. The minimum Gasteiger partial charge on any atom is -0.397 e. The second-order valence-corrected chi connectivity index (χ2v) is 6.52. The zero-order valence-corrected chi connectivity index (χ0v) is 12.4. The monoisotopic (exact) mass is 303 g/mol. The van der Waals surface area contributed by atoms with E-state index in [0.717, 1.165) is 0 Å². The molecule has 0 saturated heterocycles. The highest BCUT2D eigenvalue weighted by atomic mass is 32.2. The Morgan fingerprint density at radius 2 is 1.90 bits per heavy atom. The van der Waals surface area contributed by atoms with Crippen molar-refractivity contribution in [1.29, 1.82) is 0 Å². The second-order valence-electron chi connectivity index (χ2n) is 4.75. The number of rotatable bonds is 7. The summed E-state index contributed by atoms with van der Waals surface area (Å²) in [5, 5.41) is 21.4. The first-order chi connectivity index (χ1) is 9.28. The van der Waals surface area contributed by atoms with Crippen molar-refractivity contribution in [3.63, 3.8) is 0 Å². The second kappa shape index (κ2) is 6.40. The summed E-state index contributed by atoms with van der Waals surface area (Å²) in [4.78, 5) is 0.0641. The Morgan fingerprint density at radius 3 is 2.40 bits per heavy atom. The third-order valence-electron chi connectivity index (χ3n) is 2.80. The average Bonchev–Trinajstić information content (AvgIpc) is 2.41. The van der Waals surface area contributed by atoms with Crippen molar-refractivity contribution >= 4 is 21.4 Å². The molecule has 1 rings (SSSR count). The summed E-state index contributed by atoms with van der Waals surface area (Å²) in [5.74, 6) is 0. The predicted molar refractivity (Wildman–Crippen MR) is 77.9 cm³/mol. The molecule has 0 saturated carbocycles. The van der Waals surface area contributed by atoms with Crippen molar-refractivity contribution in [3.05, 3.63) is 18.2 Å². The van der Waals surface area contributed by atoms with Gasteiger partial charge in [-0.05, 0) is 25.1 Å². The lowest BCUT2D eigenvalue weighted by atomic mass is 10.0. The molecule has 6 N–H and O–H groups in total. The molecule has 0 spiro atoms. The van der Waals surface area contributed by atoms with Gasteiger partial charge in [-0.3, -0.25) is 0 Å². The lowest BCUT2D eigenvalue weighted by Gasteiger charge is -2.28. The number of hydrogen-bond acceptors (Lipinski definition) is 6. The number of aliphatic hydroxyl groups excluding tert-OH is 2. The zero-order valence-electron chi connectivity index (χ0n) is 11.5. The van der Waals surface area contributed by atoms with E-state index in [1.54, 1.807) is 13.8 Å². The minimum absolute atomic E-state index is 0.0641. The molecular formula is C12H21N3O4S. The molecule has 0 aromatic heterocycles. The normalized spacial score (nSPS) is 12.4. The van der Waals surface area contributed by atoms with E-state index in [2.05, 4.69) is 10.0 Å². The van der Waals surface area contributed by atoms with Crippen LogP contribution in [-0.4, -0.2) is 43.9 Å². The van der Waals surface area contributed by atoms with Crippen LogP contribution in [0, 0.1) is 0 Å². The maximum atomic E-state index is 11.9. The Balaban J connectivity index is 3.16. The first-order valence-corrected chi connectivity index (χ1v) is 7.65. The summed E-state index contributed by atoms with van der Waals surface area (Å²) < 4.78 is 26.2. The van der Waals surface area contributed by atoms with Gasteiger partial charge in [0.1, 0.15) is 0 Å². The molecule has 0 aliphatic carbocycles. The number of nitrogen functional groups attached to an aromatic ring is 1. The molecule has 20 heavy (non-hydrogen) atoms. The van der Waals surface area contributed by atoms with Crippen LogP contribution in [0.1, 0.15) is 13.8 Å². The van der Waals surface area contributed by atoms with Crippen molar-refractivity contribution in [3.8, 4) is 0 Å². The number of nitrogens with two attached hydrogens (primary N) is 1. The molecule has 0 bridgehead atoms. The van der Waals surface area contributed by atoms with E-state index in [9.17, 15) is 18.6 Å². The van der Waals surface area contributed by atoms with E-state index in [0.29, 0.717) is 11.4 Å². The Hall–Kier alpha value is -1.35. The van der Waals surface area contributed by atoms with E-state index >= 15 is 0 Å². The smallest absolute Gasteiger partial charge is 0.240 e. The number of hydrogen-bond donors (Lipinski definition) is 5. The van der Waals surface area contributed by atoms with Crippen LogP contribution < -0.4 is 15.8 Å². The molecule has 0 aliphatic heterocycles. The lowest BCUT2D eigenvalue weighted by molar-refractivity contribution is 0.147. The maximum Gasteiger partial charge on any atom is 0.240 e. The fourth-order valence-electron chi connectivity index (χ4n) is 1.54. The van der Waals surface area contributed by atoms with Gasteiger partial charge >= 0.3 is 0 Å². The molecule has 0 radical (unpaired) electrons.